The lowest BCUT2D eigenvalue weighted by atomic mass is 9.83. The predicted molar refractivity (Wildman–Crippen MR) is 105 cm³/mol. The molecule has 0 fully saturated rings. The molecule has 120 valence electrons. The highest BCUT2D eigenvalue weighted by molar-refractivity contribution is 7.98. The monoisotopic (exact) mass is 350 g/mol. The molecule has 0 aliphatic carbocycles. The maximum absolute atomic E-state index is 4.71. The summed E-state index contributed by atoms with van der Waals surface area (Å²) in [5.74, 6) is 0. The number of thiophene rings is 1. The molecule has 4 aromatic rings. The molecule has 2 heterocycles. The Morgan fingerprint density at radius 2 is 1.83 bits per heavy atom. The van der Waals surface area contributed by atoms with Gasteiger partial charge in [-0.2, -0.15) is 0 Å². The third kappa shape index (κ3) is 2.60. The Balaban J connectivity index is 1.84. The zero-order valence-corrected chi connectivity index (χ0v) is 15.5. The molecule has 4 rings (SSSR count). The van der Waals surface area contributed by atoms with Gasteiger partial charge in [-0.3, -0.25) is 4.98 Å². The van der Waals surface area contributed by atoms with Gasteiger partial charge in [0.15, 0.2) is 0 Å². The lowest BCUT2D eigenvalue weighted by molar-refractivity contribution is 0.657. The molecule has 0 atom stereocenters. The minimum atomic E-state index is -0.0606. The van der Waals surface area contributed by atoms with E-state index < -0.39 is 0 Å². The molecule has 0 radical (unpaired) electrons. The van der Waals surface area contributed by atoms with Crippen LogP contribution < -0.4 is 0 Å². The van der Waals surface area contributed by atoms with E-state index in [2.05, 4.69) is 67.4 Å². The van der Waals surface area contributed by atoms with E-state index in [1.165, 1.54) is 20.5 Å². The Hall–Kier alpha value is -1.91. The van der Waals surface area contributed by atoms with Crippen LogP contribution in [0.25, 0.3) is 21.1 Å². The molecule has 2 aromatic heterocycles. The van der Waals surface area contributed by atoms with Gasteiger partial charge in [0.2, 0.25) is 0 Å². The van der Waals surface area contributed by atoms with Crippen LogP contribution in [0.2, 0.25) is 0 Å². The van der Waals surface area contributed by atoms with Gasteiger partial charge in [0.05, 0.1) is 17.2 Å². The first-order valence-corrected chi connectivity index (χ1v) is 9.92. The van der Waals surface area contributed by atoms with Gasteiger partial charge in [-0.25, -0.2) is 4.98 Å². The van der Waals surface area contributed by atoms with Crippen molar-refractivity contribution in [3.8, 4) is 0 Å². The van der Waals surface area contributed by atoms with E-state index in [0.717, 1.165) is 16.1 Å². The third-order valence-electron chi connectivity index (χ3n) is 4.49. The van der Waals surface area contributed by atoms with Crippen LogP contribution >= 0.6 is 23.1 Å². The molecule has 0 unspecified atom stereocenters. The van der Waals surface area contributed by atoms with Crippen molar-refractivity contribution in [2.75, 3.05) is 6.26 Å². The quantitative estimate of drug-likeness (QED) is 0.431. The molecule has 0 saturated carbocycles. The Labute approximate surface area is 150 Å². The fraction of sp³-hybridized carbons (Fsp3) is 0.200. The van der Waals surface area contributed by atoms with Crippen LogP contribution in [0.4, 0.5) is 0 Å². The number of thioether (sulfide) groups is 1. The normalized spacial score (nSPS) is 12.1. The van der Waals surface area contributed by atoms with E-state index in [-0.39, 0.29) is 5.41 Å². The maximum Gasteiger partial charge on any atom is 0.115 e. The van der Waals surface area contributed by atoms with Gasteiger partial charge < -0.3 is 0 Å². The summed E-state index contributed by atoms with van der Waals surface area (Å²) in [5.41, 5.74) is 3.13. The molecule has 4 heteroatoms. The van der Waals surface area contributed by atoms with Gasteiger partial charge in [-0.05, 0) is 41.5 Å². The molecule has 0 spiro atoms. The topological polar surface area (TPSA) is 25.8 Å². The summed E-state index contributed by atoms with van der Waals surface area (Å²) in [5, 5.41) is 2.27. The summed E-state index contributed by atoms with van der Waals surface area (Å²) < 4.78 is 1.34. The number of fused-ring (bicyclic) bond motifs is 2. The Morgan fingerprint density at radius 3 is 2.62 bits per heavy atom. The molecule has 0 saturated heterocycles. The van der Waals surface area contributed by atoms with Crippen LogP contribution in [0.5, 0.6) is 0 Å². The SMILES string of the molecule is CSc1cnc2ccc(C(C)(C)c3cc4ccccc4s3)cc2n1. The Bertz CT molecular complexity index is 1000. The van der Waals surface area contributed by atoms with Gasteiger partial charge >= 0.3 is 0 Å². The van der Waals surface area contributed by atoms with E-state index in [9.17, 15) is 0 Å². The number of nitrogens with zero attached hydrogens (tertiary/aromatic N) is 2. The largest absolute Gasteiger partial charge is 0.252 e. The van der Waals surface area contributed by atoms with Gasteiger partial charge in [0, 0.05) is 15.0 Å². The first kappa shape index (κ1) is 15.6. The molecule has 0 amide bonds. The lowest BCUT2D eigenvalue weighted by Crippen LogP contribution is -2.17. The van der Waals surface area contributed by atoms with Gasteiger partial charge in [0.1, 0.15) is 5.03 Å². The number of rotatable bonds is 3. The molecular weight excluding hydrogens is 332 g/mol. The van der Waals surface area contributed by atoms with Crippen LogP contribution in [0.1, 0.15) is 24.3 Å². The molecule has 24 heavy (non-hydrogen) atoms. The smallest absolute Gasteiger partial charge is 0.115 e. The second-order valence-corrected chi connectivity index (χ2v) is 8.30. The van der Waals surface area contributed by atoms with Crippen LogP contribution in [0.3, 0.4) is 0 Å². The highest BCUT2D eigenvalue weighted by Gasteiger charge is 2.26. The first-order chi connectivity index (χ1) is 11.6. The molecule has 0 aliphatic rings. The minimum Gasteiger partial charge on any atom is -0.252 e. The third-order valence-corrected chi connectivity index (χ3v) is 6.55. The minimum absolute atomic E-state index is 0.0606. The van der Waals surface area contributed by atoms with Gasteiger partial charge in [-0.1, -0.05) is 38.1 Å². The average Bonchev–Trinajstić information content (AvgIpc) is 3.05. The van der Waals surface area contributed by atoms with Crippen molar-refractivity contribution in [3.05, 3.63) is 65.2 Å². The summed E-state index contributed by atoms with van der Waals surface area (Å²) in [6, 6.07) is 17.3. The predicted octanol–water partition coefficient (Wildman–Crippen LogP) is 5.89. The molecule has 0 bridgehead atoms. The number of hydrogen-bond donors (Lipinski definition) is 0. The zero-order chi connectivity index (χ0) is 16.7. The van der Waals surface area contributed by atoms with Crippen LogP contribution in [0, 0.1) is 0 Å². The van der Waals surface area contributed by atoms with Crippen molar-refractivity contribution in [2.45, 2.75) is 24.3 Å². The van der Waals surface area contributed by atoms with Crippen molar-refractivity contribution in [2.24, 2.45) is 0 Å². The van der Waals surface area contributed by atoms with E-state index >= 15 is 0 Å². The number of benzene rings is 2. The molecular formula is C20H18N2S2. The second-order valence-electron chi connectivity index (χ2n) is 6.39. The van der Waals surface area contributed by atoms with Crippen molar-refractivity contribution in [1.29, 1.82) is 0 Å². The first-order valence-electron chi connectivity index (χ1n) is 7.88. The zero-order valence-electron chi connectivity index (χ0n) is 13.9. The summed E-state index contributed by atoms with van der Waals surface area (Å²) >= 11 is 3.50. The van der Waals surface area contributed by atoms with E-state index in [4.69, 9.17) is 4.98 Å². The lowest BCUT2D eigenvalue weighted by Gasteiger charge is -2.24. The van der Waals surface area contributed by atoms with E-state index in [1.807, 2.05) is 23.8 Å². The summed E-state index contributed by atoms with van der Waals surface area (Å²) in [6.07, 6.45) is 3.87. The summed E-state index contributed by atoms with van der Waals surface area (Å²) in [6.45, 7) is 4.56. The summed E-state index contributed by atoms with van der Waals surface area (Å²) in [7, 11) is 0. The Morgan fingerprint density at radius 1 is 1.00 bits per heavy atom. The van der Waals surface area contributed by atoms with E-state index in [1.54, 1.807) is 11.8 Å². The summed E-state index contributed by atoms with van der Waals surface area (Å²) in [4.78, 5) is 10.6. The fourth-order valence-corrected chi connectivity index (χ4v) is 4.45. The molecule has 0 aliphatic heterocycles. The van der Waals surface area contributed by atoms with Crippen molar-refractivity contribution < 1.29 is 0 Å². The highest BCUT2D eigenvalue weighted by atomic mass is 32.2. The number of hydrogen-bond acceptors (Lipinski definition) is 4. The van der Waals surface area contributed by atoms with Crippen molar-refractivity contribution in [3.63, 3.8) is 0 Å². The molecule has 2 nitrogen and oxygen atoms in total. The van der Waals surface area contributed by atoms with Crippen LogP contribution in [0.15, 0.2) is 59.8 Å². The van der Waals surface area contributed by atoms with Crippen molar-refractivity contribution >= 4 is 44.2 Å². The number of aromatic nitrogens is 2. The highest BCUT2D eigenvalue weighted by Crippen LogP contribution is 2.39. The van der Waals surface area contributed by atoms with Crippen molar-refractivity contribution in [1.82, 2.24) is 9.97 Å². The van der Waals surface area contributed by atoms with Crippen LogP contribution in [-0.2, 0) is 5.41 Å². The molecule has 2 aromatic carbocycles. The van der Waals surface area contributed by atoms with Crippen LogP contribution in [-0.4, -0.2) is 16.2 Å². The van der Waals surface area contributed by atoms with Gasteiger partial charge in [0.25, 0.3) is 0 Å². The van der Waals surface area contributed by atoms with E-state index in [0.29, 0.717) is 0 Å². The molecule has 0 N–H and O–H groups in total. The average molecular weight is 351 g/mol. The fourth-order valence-electron chi connectivity index (χ4n) is 2.91. The van der Waals surface area contributed by atoms with Gasteiger partial charge in [-0.15, -0.1) is 23.1 Å². The standard InChI is InChI=1S/C20H18N2S2/c1-20(2,18-10-13-6-4-5-7-17(13)24-18)14-8-9-15-16(11-14)22-19(23-3)12-21-15/h4-12H,1-3H3. The maximum atomic E-state index is 4.71. The Kier molecular flexibility index (Phi) is 3.82. The second kappa shape index (κ2) is 5.87.